The van der Waals surface area contributed by atoms with Crippen LogP contribution in [0.4, 0.5) is 0 Å². The van der Waals surface area contributed by atoms with E-state index < -0.39 is 5.97 Å². The van der Waals surface area contributed by atoms with E-state index in [4.69, 9.17) is 0 Å². The Hall–Kier alpha value is -3.73. The molecular formula is C21H14N2O3. The van der Waals surface area contributed by atoms with Gasteiger partial charge in [0.2, 0.25) is 0 Å². The van der Waals surface area contributed by atoms with Crippen LogP contribution in [0.5, 0.6) is 0 Å². The van der Waals surface area contributed by atoms with Crippen LogP contribution in [0.3, 0.4) is 0 Å². The number of fused-ring (bicyclic) bond motifs is 1. The summed E-state index contributed by atoms with van der Waals surface area (Å²) in [7, 11) is 0. The van der Waals surface area contributed by atoms with Gasteiger partial charge in [-0.1, -0.05) is 54.6 Å². The lowest BCUT2D eigenvalue weighted by Gasteiger charge is -2.12. The van der Waals surface area contributed by atoms with Gasteiger partial charge >= 0.3 is 5.97 Å². The summed E-state index contributed by atoms with van der Waals surface area (Å²) in [6.45, 7) is 0. The Labute approximate surface area is 148 Å². The van der Waals surface area contributed by atoms with Crippen LogP contribution in [0.25, 0.3) is 33.4 Å². The fourth-order valence-corrected chi connectivity index (χ4v) is 3.04. The maximum Gasteiger partial charge on any atom is 0.336 e. The van der Waals surface area contributed by atoms with Crippen LogP contribution in [0.15, 0.2) is 77.6 Å². The van der Waals surface area contributed by atoms with Gasteiger partial charge in [0.15, 0.2) is 0 Å². The molecule has 4 aromatic rings. The predicted octanol–water partition coefficient (Wildman–Crippen LogP) is 3.96. The van der Waals surface area contributed by atoms with Gasteiger partial charge < -0.3 is 10.1 Å². The van der Waals surface area contributed by atoms with Crippen LogP contribution in [0.2, 0.25) is 0 Å². The molecule has 2 N–H and O–H groups in total. The Kier molecular flexibility index (Phi) is 3.82. The Morgan fingerprint density at radius 2 is 1.42 bits per heavy atom. The zero-order chi connectivity index (χ0) is 18.1. The molecule has 0 spiro atoms. The standard InChI is InChI=1S/C21H14N2O3/c24-20-17-11-5-6-12-18(17)22-19(23-20)15-9-3-1-7-13(15)14-8-2-4-10-16(14)21(25)26/h1-12H,(H,25,26)(H,22,23,24). The summed E-state index contributed by atoms with van der Waals surface area (Å²) in [5.74, 6) is -0.597. The van der Waals surface area contributed by atoms with Gasteiger partial charge in [-0.15, -0.1) is 0 Å². The molecule has 3 aromatic carbocycles. The molecule has 1 aromatic heterocycles. The molecule has 0 aliphatic carbocycles. The van der Waals surface area contributed by atoms with Gasteiger partial charge in [0, 0.05) is 5.56 Å². The number of aromatic carboxylic acids is 1. The van der Waals surface area contributed by atoms with Gasteiger partial charge in [0.25, 0.3) is 5.56 Å². The van der Waals surface area contributed by atoms with Crippen molar-refractivity contribution in [3.05, 3.63) is 88.7 Å². The van der Waals surface area contributed by atoms with E-state index in [1.54, 1.807) is 42.5 Å². The van der Waals surface area contributed by atoms with E-state index in [-0.39, 0.29) is 11.1 Å². The second-order valence-corrected chi connectivity index (χ2v) is 5.83. The Morgan fingerprint density at radius 1 is 0.808 bits per heavy atom. The topological polar surface area (TPSA) is 83.0 Å². The highest BCUT2D eigenvalue weighted by Crippen LogP contribution is 2.32. The van der Waals surface area contributed by atoms with E-state index in [9.17, 15) is 14.7 Å². The Balaban J connectivity index is 1.99. The first-order chi connectivity index (χ1) is 12.6. The molecule has 0 amide bonds. The number of para-hydroxylation sites is 1. The fourth-order valence-electron chi connectivity index (χ4n) is 3.04. The molecule has 1 heterocycles. The fraction of sp³-hybridized carbons (Fsp3) is 0. The van der Waals surface area contributed by atoms with Crippen LogP contribution in [0.1, 0.15) is 10.4 Å². The van der Waals surface area contributed by atoms with Gasteiger partial charge in [0.1, 0.15) is 5.82 Å². The second kappa shape index (κ2) is 6.29. The number of hydrogen-bond acceptors (Lipinski definition) is 3. The molecule has 0 fully saturated rings. The van der Waals surface area contributed by atoms with Crippen molar-refractivity contribution in [3.8, 4) is 22.5 Å². The highest BCUT2D eigenvalue weighted by atomic mass is 16.4. The smallest absolute Gasteiger partial charge is 0.336 e. The summed E-state index contributed by atoms with van der Waals surface area (Å²) in [5.41, 5.74) is 2.50. The van der Waals surface area contributed by atoms with Gasteiger partial charge in [0.05, 0.1) is 16.5 Å². The first-order valence-corrected chi connectivity index (χ1v) is 8.06. The number of rotatable bonds is 3. The summed E-state index contributed by atoms with van der Waals surface area (Å²) in [6, 6.07) is 21.2. The maximum atomic E-state index is 12.4. The lowest BCUT2D eigenvalue weighted by molar-refractivity contribution is 0.0697. The number of aromatic amines is 1. The molecule has 26 heavy (non-hydrogen) atoms. The number of carbonyl (C=O) groups is 1. The van der Waals surface area contributed by atoms with E-state index >= 15 is 0 Å². The summed E-state index contributed by atoms with van der Waals surface area (Å²) < 4.78 is 0. The number of carboxylic acids is 1. The molecule has 5 heteroatoms. The zero-order valence-electron chi connectivity index (χ0n) is 13.6. The molecule has 0 aliphatic heterocycles. The van der Waals surface area contributed by atoms with E-state index in [1.165, 1.54) is 0 Å². The van der Waals surface area contributed by atoms with E-state index in [2.05, 4.69) is 9.97 Å². The third-order valence-corrected chi connectivity index (χ3v) is 4.24. The van der Waals surface area contributed by atoms with Crippen LogP contribution in [-0.4, -0.2) is 21.0 Å². The Morgan fingerprint density at radius 3 is 2.19 bits per heavy atom. The summed E-state index contributed by atoms with van der Waals surface area (Å²) in [6.07, 6.45) is 0. The van der Waals surface area contributed by atoms with E-state index in [1.807, 2.05) is 30.3 Å². The lowest BCUT2D eigenvalue weighted by atomic mass is 9.95. The summed E-state index contributed by atoms with van der Waals surface area (Å²) in [4.78, 5) is 31.4. The molecule has 0 radical (unpaired) electrons. The van der Waals surface area contributed by atoms with Crippen molar-refractivity contribution in [1.29, 1.82) is 0 Å². The number of hydrogen-bond donors (Lipinski definition) is 2. The van der Waals surface area contributed by atoms with Crippen molar-refractivity contribution in [1.82, 2.24) is 9.97 Å². The number of carboxylic acid groups (broad SMARTS) is 1. The van der Waals surface area contributed by atoms with Crippen molar-refractivity contribution in [2.45, 2.75) is 0 Å². The Bertz CT molecular complexity index is 1190. The van der Waals surface area contributed by atoms with Gasteiger partial charge in [-0.2, -0.15) is 0 Å². The maximum absolute atomic E-state index is 12.4. The van der Waals surface area contributed by atoms with Crippen LogP contribution < -0.4 is 5.56 Å². The number of nitrogens with one attached hydrogen (secondary N) is 1. The first-order valence-electron chi connectivity index (χ1n) is 8.06. The van der Waals surface area contributed by atoms with E-state index in [0.29, 0.717) is 33.4 Å². The van der Waals surface area contributed by atoms with Crippen LogP contribution in [0, 0.1) is 0 Å². The molecule has 126 valence electrons. The van der Waals surface area contributed by atoms with Gasteiger partial charge in [-0.05, 0) is 29.3 Å². The SMILES string of the molecule is O=C(O)c1ccccc1-c1ccccc1-c1nc2ccccc2c(=O)[nH]1. The molecule has 0 unspecified atom stereocenters. The summed E-state index contributed by atoms with van der Waals surface area (Å²) in [5, 5.41) is 10.0. The minimum absolute atomic E-state index is 0.197. The number of nitrogens with zero attached hydrogens (tertiary/aromatic N) is 1. The minimum atomic E-state index is -1.00. The summed E-state index contributed by atoms with van der Waals surface area (Å²) >= 11 is 0. The molecule has 0 bridgehead atoms. The number of benzene rings is 3. The molecule has 0 aliphatic rings. The second-order valence-electron chi connectivity index (χ2n) is 5.83. The molecule has 5 nitrogen and oxygen atoms in total. The highest BCUT2D eigenvalue weighted by Gasteiger charge is 2.16. The average molecular weight is 342 g/mol. The molecule has 0 saturated heterocycles. The van der Waals surface area contributed by atoms with E-state index in [0.717, 1.165) is 0 Å². The van der Waals surface area contributed by atoms with Crippen molar-refractivity contribution < 1.29 is 9.90 Å². The molecule has 4 rings (SSSR count). The normalized spacial score (nSPS) is 10.8. The van der Waals surface area contributed by atoms with Crippen molar-refractivity contribution in [3.63, 3.8) is 0 Å². The average Bonchev–Trinajstić information content (AvgIpc) is 2.68. The monoisotopic (exact) mass is 342 g/mol. The van der Waals surface area contributed by atoms with Gasteiger partial charge in [-0.3, -0.25) is 4.79 Å². The van der Waals surface area contributed by atoms with Gasteiger partial charge in [-0.25, -0.2) is 9.78 Å². The molecule has 0 atom stereocenters. The largest absolute Gasteiger partial charge is 0.478 e. The van der Waals surface area contributed by atoms with Crippen molar-refractivity contribution in [2.24, 2.45) is 0 Å². The van der Waals surface area contributed by atoms with Crippen molar-refractivity contribution >= 4 is 16.9 Å². The highest BCUT2D eigenvalue weighted by molar-refractivity contribution is 5.98. The third kappa shape index (κ3) is 2.65. The predicted molar refractivity (Wildman–Crippen MR) is 100 cm³/mol. The quantitative estimate of drug-likeness (QED) is 0.590. The molecular weight excluding hydrogens is 328 g/mol. The third-order valence-electron chi connectivity index (χ3n) is 4.24. The first kappa shape index (κ1) is 15.8. The van der Waals surface area contributed by atoms with Crippen LogP contribution in [-0.2, 0) is 0 Å². The van der Waals surface area contributed by atoms with Crippen LogP contribution >= 0.6 is 0 Å². The number of H-pyrrole nitrogens is 1. The van der Waals surface area contributed by atoms with Crippen molar-refractivity contribution in [2.75, 3.05) is 0 Å². The lowest BCUT2D eigenvalue weighted by Crippen LogP contribution is -2.10. The molecule has 0 saturated carbocycles. The number of aromatic nitrogens is 2. The minimum Gasteiger partial charge on any atom is -0.478 e. The zero-order valence-corrected chi connectivity index (χ0v) is 13.6.